The standard InChI is InChI=1S/C19H23NO7S/c1-3-25-18(22)15-12-19(26-10-11-27-19)9-8-17(15)28(23,24)20-16-7-5-4-6-14(16)13(2)21/h4-7,12,17,20H,3,8-11H2,1-2H3. The van der Waals surface area contributed by atoms with Crippen molar-refractivity contribution in [3.05, 3.63) is 41.5 Å². The molecule has 0 amide bonds. The van der Waals surface area contributed by atoms with Gasteiger partial charge in [0.1, 0.15) is 5.25 Å². The van der Waals surface area contributed by atoms with Crippen LogP contribution in [0.5, 0.6) is 0 Å². The lowest BCUT2D eigenvalue weighted by Gasteiger charge is -2.33. The van der Waals surface area contributed by atoms with Crippen molar-refractivity contribution in [1.29, 1.82) is 0 Å². The highest BCUT2D eigenvalue weighted by Crippen LogP contribution is 2.37. The summed E-state index contributed by atoms with van der Waals surface area (Å²) >= 11 is 0. The molecule has 8 nitrogen and oxygen atoms in total. The molecule has 1 aliphatic carbocycles. The lowest BCUT2D eigenvalue weighted by Crippen LogP contribution is -2.42. The lowest BCUT2D eigenvalue weighted by atomic mass is 9.94. The minimum Gasteiger partial charge on any atom is -0.463 e. The van der Waals surface area contributed by atoms with Crippen molar-refractivity contribution in [2.75, 3.05) is 24.5 Å². The Kier molecular flexibility index (Phi) is 5.87. The van der Waals surface area contributed by atoms with Gasteiger partial charge in [-0.05, 0) is 38.5 Å². The SMILES string of the molecule is CCOC(=O)C1=CC2(CCC1S(=O)(=O)Nc1ccccc1C(C)=O)OCCO2. The Hall–Kier alpha value is -2.23. The van der Waals surface area contributed by atoms with E-state index in [1.807, 2.05) is 0 Å². The average Bonchev–Trinajstić information content (AvgIpc) is 3.09. The minimum atomic E-state index is -4.03. The largest absolute Gasteiger partial charge is 0.463 e. The maximum absolute atomic E-state index is 13.1. The van der Waals surface area contributed by atoms with Crippen LogP contribution >= 0.6 is 0 Å². The molecular weight excluding hydrogens is 386 g/mol. The molecule has 3 rings (SSSR count). The lowest BCUT2D eigenvalue weighted by molar-refractivity contribution is -0.143. The van der Waals surface area contributed by atoms with Crippen LogP contribution in [0.2, 0.25) is 0 Å². The molecule has 1 aliphatic heterocycles. The average molecular weight is 409 g/mol. The van der Waals surface area contributed by atoms with E-state index in [-0.39, 0.29) is 42.1 Å². The van der Waals surface area contributed by atoms with Crippen molar-refractivity contribution in [3.8, 4) is 0 Å². The molecule has 1 atom stereocenters. The molecule has 1 saturated heterocycles. The Balaban J connectivity index is 1.96. The number of sulfonamides is 1. The van der Waals surface area contributed by atoms with Crippen molar-refractivity contribution in [3.63, 3.8) is 0 Å². The number of hydrogen-bond donors (Lipinski definition) is 1. The third kappa shape index (κ3) is 4.11. The zero-order valence-electron chi connectivity index (χ0n) is 15.8. The van der Waals surface area contributed by atoms with Gasteiger partial charge in [0.15, 0.2) is 11.6 Å². The maximum Gasteiger partial charge on any atom is 0.335 e. The third-order valence-corrected chi connectivity index (χ3v) is 6.44. The Bertz CT molecular complexity index is 901. The summed E-state index contributed by atoms with van der Waals surface area (Å²) in [4.78, 5) is 24.3. The van der Waals surface area contributed by atoms with Gasteiger partial charge in [0.25, 0.3) is 0 Å². The van der Waals surface area contributed by atoms with Crippen LogP contribution in [0.15, 0.2) is 35.9 Å². The Morgan fingerprint density at radius 3 is 2.57 bits per heavy atom. The number of benzene rings is 1. The summed E-state index contributed by atoms with van der Waals surface area (Å²) in [6.45, 7) is 3.85. The van der Waals surface area contributed by atoms with Crippen molar-refractivity contribution in [1.82, 2.24) is 0 Å². The first-order valence-corrected chi connectivity index (χ1v) is 10.6. The summed E-state index contributed by atoms with van der Waals surface area (Å²) in [6.07, 6.45) is 1.82. The molecule has 1 unspecified atom stereocenters. The predicted octanol–water partition coefficient (Wildman–Crippen LogP) is 2.03. The van der Waals surface area contributed by atoms with Gasteiger partial charge in [0.2, 0.25) is 10.0 Å². The van der Waals surface area contributed by atoms with Crippen molar-refractivity contribution in [2.45, 2.75) is 37.7 Å². The van der Waals surface area contributed by atoms with Crippen molar-refractivity contribution < 1.29 is 32.2 Å². The molecule has 0 bridgehead atoms. The highest BCUT2D eigenvalue weighted by Gasteiger charge is 2.46. The Morgan fingerprint density at radius 2 is 1.93 bits per heavy atom. The number of carbonyl (C=O) groups excluding carboxylic acids is 2. The van der Waals surface area contributed by atoms with Gasteiger partial charge in [0.05, 0.1) is 31.1 Å². The Morgan fingerprint density at radius 1 is 1.25 bits per heavy atom. The number of carbonyl (C=O) groups is 2. The number of rotatable bonds is 6. The normalized spacial score (nSPS) is 21.2. The number of ether oxygens (including phenoxy) is 3. The summed E-state index contributed by atoms with van der Waals surface area (Å²) in [6, 6.07) is 6.33. The highest BCUT2D eigenvalue weighted by molar-refractivity contribution is 7.93. The van der Waals surface area contributed by atoms with Crippen molar-refractivity contribution in [2.24, 2.45) is 0 Å². The molecule has 2 aliphatic rings. The van der Waals surface area contributed by atoms with Gasteiger partial charge in [-0.2, -0.15) is 0 Å². The fourth-order valence-corrected chi connectivity index (χ4v) is 4.97. The van der Waals surface area contributed by atoms with Crippen LogP contribution in [0.1, 0.15) is 37.0 Å². The Labute approximate surface area is 163 Å². The smallest absolute Gasteiger partial charge is 0.335 e. The number of anilines is 1. The van der Waals surface area contributed by atoms with Crippen LogP contribution < -0.4 is 4.72 Å². The van der Waals surface area contributed by atoms with E-state index < -0.39 is 27.0 Å². The summed E-state index contributed by atoms with van der Waals surface area (Å²) in [5.41, 5.74) is 0.400. The second-order valence-corrected chi connectivity index (χ2v) is 8.47. The summed E-state index contributed by atoms with van der Waals surface area (Å²) in [5, 5.41) is -1.15. The van der Waals surface area contributed by atoms with E-state index in [2.05, 4.69) is 4.72 Å². The zero-order chi connectivity index (χ0) is 20.4. The number of Topliss-reactive ketones (excluding diaryl/α,β-unsaturated/α-hetero) is 1. The van der Waals surface area contributed by atoms with Crippen LogP contribution in [0.4, 0.5) is 5.69 Å². The molecule has 9 heteroatoms. The summed E-state index contributed by atoms with van der Waals surface area (Å²) < 4.78 is 44.9. The van der Waals surface area contributed by atoms with E-state index in [1.54, 1.807) is 25.1 Å². The van der Waals surface area contributed by atoms with Gasteiger partial charge in [-0.25, -0.2) is 13.2 Å². The topological polar surface area (TPSA) is 108 Å². The third-order valence-electron chi connectivity index (χ3n) is 4.70. The van der Waals surface area contributed by atoms with E-state index in [0.29, 0.717) is 13.2 Å². The van der Waals surface area contributed by atoms with Gasteiger partial charge < -0.3 is 14.2 Å². The quantitative estimate of drug-likeness (QED) is 0.566. The highest BCUT2D eigenvalue weighted by atomic mass is 32.2. The molecule has 0 aromatic heterocycles. The fourth-order valence-electron chi connectivity index (χ4n) is 3.42. The van der Waals surface area contributed by atoms with E-state index in [4.69, 9.17) is 14.2 Å². The molecule has 1 spiro atoms. The van der Waals surface area contributed by atoms with Crippen LogP contribution in [-0.2, 0) is 29.0 Å². The van der Waals surface area contributed by atoms with Gasteiger partial charge in [-0.1, -0.05) is 12.1 Å². The monoisotopic (exact) mass is 409 g/mol. The van der Waals surface area contributed by atoms with E-state index in [0.717, 1.165) is 0 Å². The van der Waals surface area contributed by atoms with Crippen LogP contribution in [0.25, 0.3) is 0 Å². The number of ketones is 1. The molecule has 1 N–H and O–H groups in total. The van der Waals surface area contributed by atoms with Gasteiger partial charge in [-0.3, -0.25) is 9.52 Å². The molecule has 152 valence electrons. The molecule has 0 radical (unpaired) electrons. The van der Waals surface area contributed by atoms with E-state index in [9.17, 15) is 18.0 Å². The van der Waals surface area contributed by atoms with Gasteiger partial charge >= 0.3 is 5.97 Å². The van der Waals surface area contributed by atoms with Crippen LogP contribution in [0.3, 0.4) is 0 Å². The number of nitrogens with one attached hydrogen (secondary N) is 1. The minimum absolute atomic E-state index is 0.0252. The predicted molar refractivity (Wildman–Crippen MR) is 101 cm³/mol. The van der Waals surface area contributed by atoms with Gasteiger partial charge in [0, 0.05) is 12.0 Å². The van der Waals surface area contributed by atoms with Crippen molar-refractivity contribution >= 4 is 27.5 Å². The maximum atomic E-state index is 13.1. The van der Waals surface area contributed by atoms with Crippen LogP contribution in [-0.4, -0.2) is 51.0 Å². The first-order chi connectivity index (χ1) is 13.3. The molecular formula is C19H23NO7S. The number of hydrogen-bond acceptors (Lipinski definition) is 7. The van der Waals surface area contributed by atoms with E-state index >= 15 is 0 Å². The molecule has 28 heavy (non-hydrogen) atoms. The number of esters is 1. The molecule has 0 saturated carbocycles. The molecule has 1 aromatic carbocycles. The summed E-state index contributed by atoms with van der Waals surface area (Å²) in [5.74, 6) is -2.09. The van der Waals surface area contributed by atoms with Crippen LogP contribution in [0, 0.1) is 0 Å². The molecule has 1 aromatic rings. The number of para-hydroxylation sites is 1. The first-order valence-electron chi connectivity index (χ1n) is 9.07. The van der Waals surface area contributed by atoms with Gasteiger partial charge in [-0.15, -0.1) is 0 Å². The zero-order valence-corrected chi connectivity index (χ0v) is 16.6. The second-order valence-electron chi connectivity index (χ2n) is 6.61. The fraction of sp³-hybridized carbons (Fsp3) is 0.474. The molecule has 1 heterocycles. The van der Waals surface area contributed by atoms with E-state index in [1.165, 1.54) is 19.1 Å². The molecule has 1 fully saturated rings. The first kappa shape index (κ1) is 20.5. The second kappa shape index (κ2) is 8.02. The summed E-state index contributed by atoms with van der Waals surface area (Å²) in [7, 11) is -4.03.